The molecule has 2 rings (SSSR count). The standard InChI is InChI=1S/C14H23N3O/c1-3-12-10-18-7-6-17(12)14(8-15)13-9-16-5-4-11(13)2/h4-5,9,12,14H,3,6-8,10,15H2,1-2H3. The number of aryl methyl sites for hydroxylation is 1. The van der Waals surface area contributed by atoms with Crippen molar-refractivity contribution in [1.82, 2.24) is 9.88 Å². The second-order valence-electron chi connectivity index (χ2n) is 4.86. The number of hydrogen-bond donors (Lipinski definition) is 1. The van der Waals surface area contributed by atoms with Gasteiger partial charge < -0.3 is 10.5 Å². The zero-order chi connectivity index (χ0) is 13.0. The summed E-state index contributed by atoms with van der Waals surface area (Å²) in [6, 6.07) is 2.78. The minimum Gasteiger partial charge on any atom is -0.378 e. The van der Waals surface area contributed by atoms with Gasteiger partial charge in [-0.25, -0.2) is 0 Å². The second-order valence-corrected chi connectivity index (χ2v) is 4.86. The lowest BCUT2D eigenvalue weighted by Crippen LogP contribution is -2.49. The number of nitrogens with zero attached hydrogens (tertiary/aromatic N) is 2. The molecule has 1 aromatic heterocycles. The van der Waals surface area contributed by atoms with Gasteiger partial charge in [0, 0.05) is 37.6 Å². The average molecular weight is 249 g/mol. The minimum atomic E-state index is 0.257. The van der Waals surface area contributed by atoms with Crippen molar-refractivity contribution in [2.45, 2.75) is 32.4 Å². The van der Waals surface area contributed by atoms with Crippen molar-refractivity contribution in [3.05, 3.63) is 29.6 Å². The van der Waals surface area contributed by atoms with Crippen LogP contribution >= 0.6 is 0 Å². The Bertz CT molecular complexity index is 383. The van der Waals surface area contributed by atoms with Gasteiger partial charge >= 0.3 is 0 Å². The molecule has 2 heterocycles. The largest absolute Gasteiger partial charge is 0.378 e. The van der Waals surface area contributed by atoms with E-state index < -0.39 is 0 Å². The topological polar surface area (TPSA) is 51.4 Å². The number of nitrogens with two attached hydrogens (primary N) is 1. The Morgan fingerprint density at radius 3 is 3.11 bits per heavy atom. The number of ether oxygens (including phenoxy) is 1. The Balaban J connectivity index is 2.24. The van der Waals surface area contributed by atoms with Gasteiger partial charge in [-0.05, 0) is 30.5 Å². The molecular formula is C14H23N3O. The van der Waals surface area contributed by atoms with Crippen molar-refractivity contribution < 1.29 is 4.74 Å². The zero-order valence-corrected chi connectivity index (χ0v) is 11.3. The first kappa shape index (κ1) is 13.5. The zero-order valence-electron chi connectivity index (χ0n) is 11.3. The van der Waals surface area contributed by atoms with Crippen LogP contribution in [0.2, 0.25) is 0 Å². The molecule has 1 fully saturated rings. The number of pyridine rings is 1. The summed E-state index contributed by atoms with van der Waals surface area (Å²) in [6.45, 7) is 7.52. The summed E-state index contributed by atoms with van der Waals surface area (Å²) >= 11 is 0. The number of aromatic nitrogens is 1. The molecular weight excluding hydrogens is 226 g/mol. The molecule has 1 aliphatic rings. The predicted octanol–water partition coefficient (Wildman–Crippen LogP) is 1.50. The van der Waals surface area contributed by atoms with Crippen LogP contribution < -0.4 is 5.73 Å². The van der Waals surface area contributed by atoms with Gasteiger partial charge in [0.15, 0.2) is 0 Å². The molecule has 0 amide bonds. The van der Waals surface area contributed by atoms with Crippen LogP contribution in [-0.4, -0.2) is 42.2 Å². The summed E-state index contributed by atoms with van der Waals surface area (Å²) in [7, 11) is 0. The Labute approximate surface area is 109 Å². The molecule has 4 heteroatoms. The van der Waals surface area contributed by atoms with Gasteiger partial charge in [-0.1, -0.05) is 6.92 Å². The van der Waals surface area contributed by atoms with E-state index >= 15 is 0 Å². The summed E-state index contributed by atoms with van der Waals surface area (Å²) in [5.74, 6) is 0. The van der Waals surface area contributed by atoms with E-state index in [9.17, 15) is 0 Å². The van der Waals surface area contributed by atoms with Crippen LogP contribution in [0, 0.1) is 6.92 Å². The third-order valence-electron chi connectivity index (χ3n) is 3.81. The third kappa shape index (κ3) is 2.71. The van der Waals surface area contributed by atoms with Crippen LogP contribution in [0.25, 0.3) is 0 Å². The maximum absolute atomic E-state index is 6.01. The quantitative estimate of drug-likeness (QED) is 0.878. The SMILES string of the molecule is CCC1COCCN1C(CN)c1cnccc1C. The van der Waals surface area contributed by atoms with Gasteiger partial charge in [-0.3, -0.25) is 9.88 Å². The van der Waals surface area contributed by atoms with Crippen LogP contribution in [-0.2, 0) is 4.74 Å². The average Bonchev–Trinajstić information content (AvgIpc) is 2.42. The molecule has 0 spiro atoms. The van der Waals surface area contributed by atoms with Crippen molar-refractivity contribution in [2.75, 3.05) is 26.3 Å². The summed E-state index contributed by atoms with van der Waals surface area (Å²) in [4.78, 5) is 6.73. The Morgan fingerprint density at radius 1 is 1.61 bits per heavy atom. The van der Waals surface area contributed by atoms with Crippen LogP contribution in [0.4, 0.5) is 0 Å². The lowest BCUT2D eigenvalue weighted by molar-refractivity contribution is -0.0292. The molecule has 1 saturated heterocycles. The van der Waals surface area contributed by atoms with Crippen LogP contribution in [0.1, 0.15) is 30.5 Å². The number of hydrogen-bond acceptors (Lipinski definition) is 4. The second kappa shape index (κ2) is 6.27. The Morgan fingerprint density at radius 2 is 2.44 bits per heavy atom. The van der Waals surface area contributed by atoms with E-state index in [4.69, 9.17) is 10.5 Å². The highest BCUT2D eigenvalue weighted by molar-refractivity contribution is 5.25. The maximum Gasteiger partial charge on any atom is 0.0622 e. The maximum atomic E-state index is 6.01. The highest BCUT2D eigenvalue weighted by Gasteiger charge is 2.29. The van der Waals surface area contributed by atoms with Crippen molar-refractivity contribution >= 4 is 0 Å². The molecule has 1 aliphatic heterocycles. The first-order chi connectivity index (χ1) is 8.77. The molecule has 0 aliphatic carbocycles. The highest BCUT2D eigenvalue weighted by Crippen LogP contribution is 2.26. The highest BCUT2D eigenvalue weighted by atomic mass is 16.5. The van der Waals surface area contributed by atoms with Crippen LogP contribution in [0.5, 0.6) is 0 Å². The normalized spacial score (nSPS) is 22.9. The fourth-order valence-corrected chi connectivity index (χ4v) is 2.70. The van der Waals surface area contributed by atoms with Crippen LogP contribution in [0.15, 0.2) is 18.5 Å². The van der Waals surface area contributed by atoms with Crippen LogP contribution in [0.3, 0.4) is 0 Å². The van der Waals surface area contributed by atoms with Gasteiger partial charge in [-0.2, -0.15) is 0 Å². The van der Waals surface area contributed by atoms with Gasteiger partial charge in [0.1, 0.15) is 0 Å². The van der Waals surface area contributed by atoms with Gasteiger partial charge in [0.25, 0.3) is 0 Å². The van der Waals surface area contributed by atoms with E-state index in [0.717, 1.165) is 26.2 Å². The van der Waals surface area contributed by atoms with E-state index in [1.54, 1.807) is 0 Å². The molecule has 0 aromatic carbocycles. The fourth-order valence-electron chi connectivity index (χ4n) is 2.70. The molecule has 2 atom stereocenters. The number of morpholine rings is 1. The fraction of sp³-hybridized carbons (Fsp3) is 0.643. The summed E-state index contributed by atoms with van der Waals surface area (Å²) in [5, 5.41) is 0. The molecule has 0 bridgehead atoms. The summed E-state index contributed by atoms with van der Waals surface area (Å²) < 4.78 is 5.57. The molecule has 1 aromatic rings. The van der Waals surface area contributed by atoms with E-state index in [0.29, 0.717) is 12.6 Å². The Hall–Kier alpha value is -0.970. The third-order valence-corrected chi connectivity index (χ3v) is 3.81. The lowest BCUT2D eigenvalue weighted by Gasteiger charge is -2.40. The lowest BCUT2D eigenvalue weighted by atomic mass is 9.99. The molecule has 2 N–H and O–H groups in total. The molecule has 18 heavy (non-hydrogen) atoms. The monoisotopic (exact) mass is 249 g/mol. The minimum absolute atomic E-state index is 0.257. The van der Waals surface area contributed by atoms with E-state index in [-0.39, 0.29) is 6.04 Å². The van der Waals surface area contributed by atoms with Gasteiger partial charge in [0.05, 0.1) is 13.2 Å². The molecule has 0 saturated carbocycles. The van der Waals surface area contributed by atoms with Crippen molar-refractivity contribution in [3.8, 4) is 0 Å². The van der Waals surface area contributed by atoms with E-state index in [1.807, 2.05) is 12.4 Å². The molecule has 0 radical (unpaired) electrons. The van der Waals surface area contributed by atoms with E-state index in [2.05, 4.69) is 29.8 Å². The van der Waals surface area contributed by atoms with Gasteiger partial charge in [0.2, 0.25) is 0 Å². The van der Waals surface area contributed by atoms with Crippen molar-refractivity contribution in [3.63, 3.8) is 0 Å². The number of rotatable bonds is 4. The van der Waals surface area contributed by atoms with Gasteiger partial charge in [-0.15, -0.1) is 0 Å². The smallest absolute Gasteiger partial charge is 0.0622 e. The molecule has 2 unspecified atom stereocenters. The Kier molecular flexibility index (Phi) is 4.69. The first-order valence-electron chi connectivity index (χ1n) is 6.72. The predicted molar refractivity (Wildman–Crippen MR) is 72.4 cm³/mol. The van der Waals surface area contributed by atoms with E-state index in [1.165, 1.54) is 11.1 Å². The summed E-state index contributed by atoms with van der Waals surface area (Å²) in [6.07, 6.45) is 4.88. The molecule has 100 valence electrons. The summed E-state index contributed by atoms with van der Waals surface area (Å²) in [5.41, 5.74) is 8.53. The van der Waals surface area contributed by atoms with Crippen molar-refractivity contribution in [2.24, 2.45) is 5.73 Å². The molecule has 4 nitrogen and oxygen atoms in total. The van der Waals surface area contributed by atoms with Crippen molar-refractivity contribution in [1.29, 1.82) is 0 Å². The first-order valence-corrected chi connectivity index (χ1v) is 6.72.